The van der Waals surface area contributed by atoms with Crippen molar-refractivity contribution in [1.82, 2.24) is 14.9 Å². The van der Waals surface area contributed by atoms with Crippen LogP contribution in [0.4, 0.5) is 21.6 Å². The van der Waals surface area contributed by atoms with Gasteiger partial charge in [-0.2, -0.15) is 0 Å². The molecule has 10 heteroatoms. The summed E-state index contributed by atoms with van der Waals surface area (Å²) in [6, 6.07) is 7.82. The summed E-state index contributed by atoms with van der Waals surface area (Å²) in [6.07, 6.45) is 5.32. The predicted molar refractivity (Wildman–Crippen MR) is 137 cm³/mol. The molecule has 1 fully saturated rings. The molecule has 186 valence electrons. The van der Waals surface area contributed by atoms with Gasteiger partial charge in [-0.25, -0.2) is 14.4 Å². The first-order valence-electron chi connectivity index (χ1n) is 10.8. The summed E-state index contributed by atoms with van der Waals surface area (Å²) in [6.45, 7) is 1.75. The van der Waals surface area contributed by atoms with E-state index in [1.807, 2.05) is 19.0 Å². The number of hydrogen-bond donors (Lipinski definition) is 2. The molecule has 1 saturated heterocycles. The van der Waals surface area contributed by atoms with Crippen LogP contribution in [0.25, 0.3) is 10.9 Å². The molecule has 0 saturated carbocycles. The number of rotatable bonds is 8. The number of halogens is 2. The normalized spacial score (nSPS) is 15.4. The Balaban J connectivity index is 0.00000342. The van der Waals surface area contributed by atoms with E-state index >= 15 is 0 Å². The maximum atomic E-state index is 13.6. The molecule has 0 aliphatic carbocycles. The fraction of sp³-hybridized carbons (Fsp3) is 0.320. The Labute approximate surface area is 209 Å². The molecule has 2 N–H and O–H groups in total. The molecule has 0 spiro atoms. The lowest BCUT2D eigenvalue weighted by atomic mass is 10.1. The average molecular weight is 502 g/mol. The van der Waals surface area contributed by atoms with Crippen LogP contribution < -0.4 is 15.4 Å². The highest BCUT2D eigenvalue weighted by Crippen LogP contribution is 2.35. The van der Waals surface area contributed by atoms with Crippen LogP contribution in [0.15, 0.2) is 48.8 Å². The van der Waals surface area contributed by atoms with Crippen molar-refractivity contribution in [3.05, 3.63) is 59.7 Å². The second-order valence-electron chi connectivity index (χ2n) is 8.10. The number of hydrogen-bond acceptors (Lipinski definition) is 7. The van der Waals surface area contributed by atoms with Gasteiger partial charge in [0.1, 0.15) is 29.8 Å². The molecule has 1 aliphatic heterocycles. The van der Waals surface area contributed by atoms with Crippen LogP contribution in [0.1, 0.15) is 13.8 Å². The van der Waals surface area contributed by atoms with Crippen molar-refractivity contribution in [2.24, 2.45) is 0 Å². The molecule has 35 heavy (non-hydrogen) atoms. The van der Waals surface area contributed by atoms with Gasteiger partial charge in [-0.05, 0) is 38.4 Å². The van der Waals surface area contributed by atoms with Crippen LogP contribution in [-0.2, 0) is 9.53 Å². The summed E-state index contributed by atoms with van der Waals surface area (Å²) in [5.41, 5.74) is 1.65. The van der Waals surface area contributed by atoms with Crippen molar-refractivity contribution in [3.63, 3.8) is 0 Å². The molecule has 3 aromatic rings. The van der Waals surface area contributed by atoms with E-state index in [9.17, 15) is 9.18 Å². The van der Waals surface area contributed by atoms with Gasteiger partial charge < -0.3 is 25.0 Å². The van der Waals surface area contributed by atoms with Crippen molar-refractivity contribution >= 4 is 45.6 Å². The standard InChI is InChI=1S/C24H25ClFN5O3.CH4/c1-31(2)8-3-4-23(32)30-21-11-17-20(12-22(21)34-16-7-9-33-13-16)27-14-28-24(17)29-15-5-6-19(26)18(25)10-15;/h3-6,10-12,14,16H,7-9,13H2,1-2H3,(H,30,32)(H,27,28,29);1H4/b4-3+;/t16-;/m0./s1. The molecular formula is C25H29ClFN5O3. The molecule has 8 nitrogen and oxygen atoms in total. The molecule has 0 unspecified atom stereocenters. The van der Waals surface area contributed by atoms with E-state index in [-0.39, 0.29) is 24.5 Å². The Kier molecular flexibility index (Phi) is 8.97. The summed E-state index contributed by atoms with van der Waals surface area (Å²) in [7, 11) is 3.84. The van der Waals surface area contributed by atoms with E-state index in [2.05, 4.69) is 20.6 Å². The quantitative estimate of drug-likeness (QED) is 0.419. The topological polar surface area (TPSA) is 88.6 Å². The van der Waals surface area contributed by atoms with Crippen molar-refractivity contribution in [2.45, 2.75) is 20.0 Å². The minimum absolute atomic E-state index is 0. The molecule has 0 radical (unpaired) electrons. The number of amides is 1. The van der Waals surface area contributed by atoms with E-state index in [1.54, 1.807) is 24.3 Å². The average Bonchev–Trinajstić information content (AvgIpc) is 3.30. The monoisotopic (exact) mass is 501 g/mol. The Hall–Kier alpha value is -3.27. The van der Waals surface area contributed by atoms with E-state index in [4.69, 9.17) is 21.1 Å². The summed E-state index contributed by atoms with van der Waals surface area (Å²) >= 11 is 5.91. The van der Waals surface area contributed by atoms with E-state index in [0.717, 1.165) is 6.42 Å². The first-order chi connectivity index (χ1) is 16.4. The summed E-state index contributed by atoms with van der Waals surface area (Å²) in [5.74, 6) is 0.170. The van der Waals surface area contributed by atoms with Crippen molar-refractivity contribution in [2.75, 3.05) is 44.5 Å². The Bertz CT molecular complexity index is 1220. The van der Waals surface area contributed by atoms with Crippen LogP contribution in [-0.4, -0.2) is 60.7 Å². The highest BCUT2D eigenvalue weighted by atomic mass is 35.5. The lowest BCUT2D eigenvalue weighted by Crippen LogP contribution is -2.18. The van der Waals surface area contributed by atoms with Crippen molar-refractivity contribution in [1.29, 1.82) is 0 Å². The van der Waals surface area contributed by atoms with Gasteiger partial charge in [0.15, 0.2) is 0 Å². The molecular weight excluding hydrogens is 473 g/mol. The number of carbonyl (C=O) groups excluding carboxylic acids is 1. The fourth-order valence-corrected chi connectivity index (χ4v) is 3.60. The number of ether oxygens (including phenoxy) is 2. The smallest absolute Gasteiger partial charge is 0.248 e. The maximum absolute atomic E-state index is 13.6. The summed E-state index contributed by atoms with van der Waals surface area (Å²) in [4.78, 5) is 23.2. The maximum Gasteiger partial charge on any atom is 0.248 e. The minimum atomic E-state index is -0.509. The highest BCUT2D eigenvalue weighted by molar-refractivity contribution is 6.31. The Morgan fingerprint density at radius 3 is 2.86 bits per heavy atom. The number of likely N-dealkylation sites (N-methyl/N-ethyl adjacent to an activating group) is 1. The molecule has 2 heterocycles. The van der Waals surface area contributed by atoms with Crippen LogP contribution in [0.2, 0.25) is 5.02 Å². The molecule has 2 aromatic carbocycles. The van der Waals surface area contributed by atoms with Crippen LogP contribution in [0.5, 0.6) is 5.75 Å². The largest absolute Gasteiger partial charge is 0.486 e. The Morgan fingerprint density at radius 2 is 2.14 bits per heavy atom. The van der Waals surface area contributed by atoms with Gasteiger partial charge in [-0.15, -0.1) is 0 Å². The number of benzene rings is 2. The number of anilines is 3. The zero-order valence-electron chi connectivity index (χ0n) is 18.8. The minimum Gasteiger partial charge on any atom is -0.486 e. The number of aromatic nitrogens is 2. The van der Waals surface area contributed by atoms with Gasteiger partial charge in [0, 0.05) is 36.2 Å². The SMILES string of the molecule is C.CN(C)C/C=C/C(=O)Nc1cc2c(Nc3ccc(F)c(Cl)c3)ncnc2cc1O[C@H]1CCOC1. The molecule has 0 bridgehead atoms. The molecule has 4 rings (SSSR count). The first kappa shape index (κ1) is 26.3. The van der Waals surface area contributed by atoms with E-state index < -0.39 is 5.82 Å². The third kappa shape index (κ3) is 6.88. The second kappa shape index (κ2) is 11.9. The van der Waals surface area contributed by atoms with Gasteiger partial charge in [-0.1, -0.05) is 25.1 Å². The van der Waals surface area contributed by atoms with Crippen molar-refractivity contribution < 1.29 is 18.7 Å². The molecule has 1 atom stereocenters. The van der Waals surface area contributed by atoms with Crippen LogP contribution in [0.3, 0.4) is 0 Å². The van der Waals surface area contributed by atoms with Gasteiger partial charge in [0.2, 0.25) is 5.91 Å². The fourth-order valence-electron chi connectivity index (χ4n) is 3.42. The summed E-state index contributed by atoms with van der Waals surface area (Å²) in [5, 5.41) is 6.67. The predicted octanol–water partition coefficient (Wildman–Crippen LogP) is 5.03. The van der Waals surface area contributed by atoms with E-state index in [1.165, 1.54) is 24.5 Å². The number of nitrogens with one attached hydrogen (secondary N) is 2. The van der Waals surface area contributed by atoms with Gasteiger partial charge in [0.05, 0.1) is 29.4 Å². The van der Waals surface area contributed by atoms with Crippen LogP contribution in [0, 0.1) is 5.82 Å². The summed E-state index contributed by atoms with van der Waals surface area (Å²) < 4.78 is 25.1. The number of carbonyl (C=O) groups is 1. The Morgan fingerprint density at radius 1 is 1.31 bits per heavy atom. The number of fused-ring (bicyclic) bond motifs is 1. The highest BCUT2D eigenvalue weighted by Gasteiger charge is 2.20. The third-order valence-corrected chi connectivity index (χ3v) is 5.39. The molecule has 1 aromatic heterocycles. The molecule has 1 amide bonds. The third-order valence-electron chi connectivity index (χ3n) is 5.10. The lowest BCUT2D eigenvalue weighted by Gasteiger charge is -2.17. The van der Waals surface area contributed by atoms with Gasteiger partial charge in [-0.3, -0.25) is 4.79 Å². The molecule has 1 aliphatic rings. The van der Waals surface area contributed by atoms with Gasteiger partial charge in [0.25, 0.3) is 0 Å². The zero-order chi connectivity index (χ0) is 24.1. The zero-order valence-corrected chi connectivity index (χ0v) is 19.6. The van der Waals surface area contributed by atoms with E-state index in [0.29, 0.717) is 53.6 Å². The number of nitrogens with zero attached hydrogens (tertiary/aromatic N) is 3. The van der Waals surface area contributed by atoms with Gasteiger partial charge >= 0.3 is 0 Å². The lowest BCUT2D eigenvalue weighted by molar-refractivity contribution is -0.111. The first-order valence-corrected chi connectivity index (χ1v) is 11.1. The van der Waals surface area contributed by atoms with Crippen LogP contribution >= 0.6 is 11.6 Å². The van der Waals surface area contributed by atoms with Crippen molar-refractivity contribution in [3.8, 4) is 5.75 Å². The second-order valence-corrected chi connectivity index (χ2v) is 8.51.